The number of rotatable bonds is 2. The molecule has 4 rings (SSSR count). The summed E-state index contributed by atoms with van der Waals surface area (Å²) in [7, 11) is 0. The summed E-state index contributed by atoms with van der Waals surface area (Å²) in [5.41, 5.74) is 2.01. The average molecular weight is 308 g/mol. The number of nitrogens with one attached hydrogen (secondary N) is 1. The number of nitrogens with zero attached hydrogens (tertiary/aromatic N) is 3. The van der Waals surface area contributed by atoms with Crippen LogP contribution in [0.25, 0.3) is 22.2 Å². The van der Waals surface area contributed by atoms with Gasteiger partial charge in [-0.15, -0.1) is 0 Å². The van der Waals surface area contributed by atoms with Crippen molar-refractivity contribution in [2.45, 2.75) is 0 Å². The van der Waals surface area contributed by atoms with Crippen molar-refractivity contribution >= 4 is 16.9 Å². The summed E-state index contributed by atoms with van der Waals surface area (Å²) < 4.78 is 14.3. The number of hydrogen-bond donors (Lipinski definition) is 1. The zero-order chi connectivity index (χ0) is 15.6. The molecule has 0 unspecified atom stereocenters. The van der Waals surface area contributed by atoms with Gasteiger partial charge in [0, 0.05) is 37.1 Å². The number of anilines is 1. The summed E-state index contributed by atoms with van der Waals surface area (Å²) in [5, 5.41) is 4.19. The number of fused-ring (bicyclic) bond motifs is 1. The van der Waals surface area contributed by atoms with Crippen LogP contribution in [0, 0.1) is 5.82 Å². The molecule has 1 aromatic heterocycles. The summed E-state index contributed by atoms with van der Waals surface area (Å²) in [6, 6.07) is 14.5. The third-order valence-corrected chi connectivity index (χ3v) is 4.12. The molecule has 0 atom stereocenters. The Labute approximate surface area is 134 Å². The van der Waals surface area contributed by atoms with Crippen LogP contribution in [0.1, 0.15) is 0 Å². The number of hydrogen-bond acceptors (Lipinski definition) is 4. The van der Waals surface area contributed by atoms with Crippen LogP contribution < -0.4 is 10.2 Å². The van der Waals surface area contributed by atoms with E-state index in [1.165, 1.54) is 6.07 Å². The Morgan fingerprint density at radius 1 is 0.913 bits per heavy atom. The minimum Gasteiger partial charge on any atom is -0.338 e. The maximum Gasteiger partial charge on any atom is 0.226 e. The molecule has 1 saturated heterocycles. The highest BCUT2D eigenvalue weighted by atomic mass is 19.1. The summed E-state index contributed by atoms with van der Waals surface area (Å²) in [6.45, 7) is 3.53. The highest BCUT2D eigenvalue weighted by Crippen LogP contribution is 2.29. The molecule has 0 bridgehead atoms. The molecule has 116 valence electrons. The van der Waals surface area contributed by atoms with Gasteiger partial charge in [0.25, 0.3) is 0 Å². The maximum absolute atomic E-state index is 14.3. The number of aromatic nitrogens is 2. The molecule has 2 aromatic carbocycles. The van der Waals surface area contributed by atoms with Crippen LogP contribution >= 0.6 is 0 Å². The summed E-state index contributed by atoms with van der Waals surface area (Å²) in [4.78, 5) is 11.5. The van der Waals surface area contributed by atoms with E-state index in [9.17, 15) is 4.39 Å². The molecular weight excluding hydrogens is 291 g/mol. The van der Waals surface area contributed by atoms with E-state index in [0.717, 1.165) is 37.1 Å². The summed E-state index contributed by atoms with van der Waals surface area (Å²) in [5.74, 6) is 0.408. The van der Waals surface area contributed by atoms with Gasteiger partial charge in [0.2, 0.25) is 5.95 Å². The van der Waals surface area contributed by atoms with Gasteiger partial charge < -0.3 is 10.2 Å². The van der Waals surface area contributed by atoms with Crippen molar-refractivity contribution in [1.82, 2.24) is 15.3 Å². The lowest BCUT2D eigenvalue weighted by Gasteiger charge is -2.28. The van der Waals surface area contributed by atoms with Crippen LogP contribution in [0.15, 0.2) is 48.5 Å². The first-order valence-corrected chi connectivity index (χ1v) is 7.80. The molecule has 23 heavy (non-hydrogen) atoms. The van der Waals surface area contributed by atoms with Crippen molar-refractivity contribution in [1.29, 1.82) is 0 Å². The number of halogens is 1. The van der Waals surface area contributed by atoms with Gasteiger partial charge in [-0.1, -0.05) is 30.3 Å². The van der Waals surface area contributed by atoms with Crippen molar-refractivity contribution in [3.63, 3.8) is 0 Å². The van der Waals surface area contributed by atoms with Crippen molar-refractivity contribution in [3.8, 4) is 11.3 Å². The Bertz CT molecular complexity index is 843. The van der Waals surface area contributed by atoms with E-state index in [1.54, 1.807) is 12.1 Å². The number of para-hydroxylation sites is 1. The first-order valence-electron chi connectivity index (χ1n) is 7.80. The van der Waals surface area contributed by atoms with E-state index in [0.29, 0.717) is 17.2 Å². The van der Waals surface area contributed by atoms with E-state index in [-0.39, 0.29) is 5.82 Å². The molecule has 4 nitrogen and oxygen atoms in total. The summed E-state index contributed by atoms with van der Waals surface area (Å²) >= 11 is 0. The van der Waals surface area contributed by atoms with Crippen LogP contribution in [0.2, 0.25) is 0 Å². The zero-order valence-corrected chi connectivity index (χ0v) is 12.7. The van der Waals surface area contributed by atoms with Gasteiger partial charge in [-0.3, -0.25) is 0 Å². The highest BCUT2D eigenvalue weighted by Gasteiger charge is 2.18. The van der Waals surface area contributed by atoms with E-state index < -0.39 is 0 Å². The predicted molar refractivity (Wildman–Crippen MR) is 90.0 cm³/mol. The second kappa shape index (κ2) is 5.93. The zero-order valence-electron chi connectivity index (χ0n) is 12.7. The Morgan fingerprint density at radius 3 is 2.48 bits per heavy atom. The molecule has 1 aliphatic rings. The van der Waals surface area contributed by atoms with Crippen LogP contribution in [0.5, 0.6) is 0 Å². The Morgan fingerprint density at radius 2 is 1.65 bits per heavy atom. The van der Waals surface area contributed by atoms with Gasteiger partial charge >= 0.3 is 0 Å². The topological polar surface area (TPSA) is 41.1 Å². The fourth-order valence-corrected chi connectivity index (χ4v) is 2.93. The molecular formula is C18H17FN4. The normalized spacial score (nSPS) is 15.1. The Hall–Kier alpha value is -2.53. The van der Waals surface area contributed by atoms with E-state index in [2.05, 4.69) is 15.2 Å². The average Bonchev–Trinajstić information content (AvgIpc) is 2.62. The molecule has 5 heteroatoms. The summed E-state index contributed by atoms with van der Waals surface area (Å²) in [6.07, 6.45) is 0. The molecule has 0 spiro atoms. The lowest BCUT2D eigenvalue weighted by molar-refractivity contribution is 0.580. The molecule has 3 aromatic rings. The first kappa shape index (κ1) is 14.1. The predicted octanol–water partition coefficient (Wildman–Crippen LogP) is 2.85. The quantitative estimate of drug-likeness (QED) is 0.790. The van der Waals surface area contributed by atoms with Gasteiger partial charge in [0.1, 0.15) is 5.82 Å². The number of benzene rings is 2. The monoisotopic (exact) mass is 308 g/mol. The van der Waals surface area contributed by atoms with Crippen molar-refractivity contribution in [2.24, 2.45) is 0 Å². The van der Waals surface area contributed by atoms with Crippen molar-refractivity contribution < 1.29 is 4.39 Å². The van der Waals surface area contributed by atoms with Gasteiger partial charge in [0.15, 0.2) is 0 Å². The molecule has 0 amide bonds. The van der Waals surface area contributed by atoms with Gasteiger partial charge in [-0.05, 0) is 18.2 Å². The SMILES string of the molecule is Fc1ccccc1-c1nc(N2CCNCC2)nc2ccccc12. The van der Waals surface area contributed by atoms with Gasteiger partial charge in [0.05, 0.1) is 11.2 Å². The van der Waals surface area contributed by atoms with Crippen LogP contribution in [-0.2, 0) is 0 Å². The molecule has 1 N–H and O–H groups in total. The maximum atomic E-state index is 14.3. The number of piperazine rings is 1. The van der Waals surface area contributed by atoms with Crippen LogP contribution in [-0.4, -0.2) is 36.1 Å². The van der Waals surface area contributed by atoms with Gasteiger partial charge in [-0.25, -0.2) is 14.4 Å². The smallest absolute Gasteiger partial charge is 0.226 e. The highest BCUT2D eigenvalue weighted by molar-refractivity contribution is 5.93. The molecule has 0 saturated carbocycles. The molecule has 2 heterocycles. The van der Waals surface area contributed by atoms with Crippen LogP contribution in [0.4, 0.5) is 10.3 Å². The van der Waals surface area contributed by atoms with E-state index in [4.69, 9.17) is 4.98 Å². The largest absolute Gasteiger partial charge is 0.338 e. The standard InChI is InChI=1S/C18H17FN4/c19-15-7-3-1-5-13(15)17-14-6-2-4-8-16(14)21-18(22-17)23-11-9-20-10-12-23/h1-8,20H,9-12H2. The minimum atomic E-state index is -0.261. The second-order valence-electron chi connectivity index (χ2n) is 5.61. The molecule has 0 aliphatic carbocycles. The third-order valence-electron chi connectivity index (χ3n) is 4.12. The fourth-order valence-electron chi connectivity index (χ4n) is 2.93. The molecule has 1 fully saturated rings. The Balaban J connectivity index is 1.92. The minimum absolute atomic E-state index is 0.261. The molecule has 0 radical (unpaired) electrons. The first-order chi connectivity index (χ1) is 11.3. The third kappa shape index (κ3) is 2.64. The van der Waals surface area contributed by atoms with Crippen molar-refractivity contribution in [2.75, 3.05) is 31.1 Å². The molecule has 1 aliphatic heterocycles. The second-order valence-corrected chi connectivity index (χ2v) is 5.61. The van der Waals surface area contributed by atoms with E-state index in [1.807, 2.05) is 30.3 Å². The lowest BCUT2D eigenvalue weighted by Crippen LogP contribution is -2.44. The fraction of sp³-hybridized carbons (Fsp3) is 0.222. The van der Waals surface area contributed by atoms with Crippen molar-refractivity contribution in [3.05, 3.63) is 54.3 Å². The Kier molecular flexibility index (Phi) is 3.63. The van der Waals surface area contributed by atoms with Gasteiger partial charge in [-0.2, -0.15) is 0 Å². The van der Waals surface area contributed by atoms with Crippen LogP contribution in [0.3, 0.4) is 0 Å². The lowest BCUT2D eigenvalue weighted by atomic mass is 10.1. The van der Waals surface area contributed by atoms with E-state index >= 15 is 0 Å².